The molecular weight excluding hydrogens is 467 g/mol. The predicted molar refractivity (Wildman–Crippen MR) is 139 cm³/mol. The Hall–Kier alpha value is -3.23. The highest BCUT2D eigenvalue weighted by Gasteiger charge is 2.28. The van der Waals surface area contributed by atoms with Gasteiger partial charge in [0.05, 0.1) is 22.0 Å². The van der Waals surface area contributed by atoms with Crippen molar-refractivity contribution < 1.29 is 9.18 Å². The van der Waals surface area contributed by atoms with Crippen molar-refractivity contribution in [2.75, 3.05) is 26.2 Å². The molecule has 35 heavy (non-hydrogen) atoms. The molecule has 0 radical (unpaired) electrons. The monoisotopic (exact) mass is 498 g/mol. The van der Waals surface area contributed by atoms with Gasteiger partial charge in [0.2, 0.25) is 0 Å². The van der Waals surface area contributed by atoms with E-state index in [-0.39, 0.29) is 10.6 Å². The highest BCUT2D eigenvalue weighted by Crippen LogP contribution is 2.34. The van der Waals surface area contributed by atoms with E-state index in [9.17, 15) is 4.79 Å². The summed E-state index contributed by atoms with van der Waals surface area (Å²) in [6.45, 7) is 12.4. The Labute approximate surface area is 211 Å². The standard InChI is InChI=1S/C26H32ClFN6O/c1-5-22-23(18(14-29)7-6-17(4)30)25(32-15-31-22)19-12-20(27)24(21(28)13-19)26(35)34-10-8-33(9-11-34)16(2)3/h6-7,12-16H,4-5,8-11,29-30H2,1-3H3/b7-6-,18-14+. The number of nitrogens with zero attached hydrogens (tertiary/aromatic N) is 4. The third-order valence-corrected chi connectivity index (χ3v) is 6.37. The van der Waals surface area contributed by atoms with Crippen LogP contribution in [-0.4, -0.2) is 57.9 Å². The molecule has 0 bridgehead atoms. The number of halogens is 2. The van der Waals surface area contributed by atoms with E-state index in [1.807, 2.05) is 6.92 Å². The van der Waals surface area contributed by atoms with E-state index in [2.05, 4.69) is 35.3 Å². The van der Waals surface area contributed by atoms with E-state index in [0.29, 0.717) is 53.6 Å². The Morgan fingerprint density at radius 1 is 1.20 bits per heavy atom. The van der Waals surface area contributed by atoms with Crippen molar-refractivity contribution in [1.82, 2.24) is 19.8 Å². The number of rotatable bonds is 7. The SMILES string of the molecule is C=C(N)/C=C\C(=C/N)c1c(CC)ncnc1-c1cc(F)c(C(=O)N2CCN(C(C)C)CC2)c(Cl)c1. The van der Waals surface area contributed by atoms with Crippen LogP contribution in [0.3, 0.4) is 0 Å². The lowest BCUT2D eigenvalue weighted by atomic mass is 9.95. The minimum absolute atomic E-state index is 0.0306. The molecule has 1 aromatic carbocycles. The fourth-order valence-corrected chi connectivity index (χ4v) is 4.43. The van der Waals surface area contributed by atoms with Crippen LogP contribution in [0.2, 0.25) is 5.02 Å². The first kappa shape index (κ1) is 26.4. The number of aryl methyl sites for hydroxylation is 1. The maximum atomic E-state index is 15.4. The highest BCUT2D eigenvalue weighted by atomic mass is 35.5. The Morgan fingerprint density at radius 2 is 1.89 bits per heavy atom. The second-order valence-corrected chi connectivity index (χ2v) is 9.07. The third-order valence-electron chi connectivity index (χ3n) is 6.07. The summed E-state index contributed by atoms with van der Waals surface area (Å²) in [5, 5.41) is 0.0306. The molecule has 0 atom stereocenters. The summed E-state index contributed by atoms with van der Waals surface area (Å²) in [6.07, 6.45) is 6.73. The summed E-state index contributed by atoms with van der Waals surface area (Å²) in [5.74, 6) is -1.11. The molecular formula is C26H32ClFN6O. The van der Waals surface area contributed by atoms with Gasteiger partial charge in [0.25, 0.3) is 5.91 Å². The van der Waals surface area contributed by atoms with Crippen LogP contribution < -0.4 is 11.5 Å². The van der Waals surface area contributed by atoms with Crippen molar-refractivity contribution in [3.8, 4) is 11.3 Å². The molecule has 7 nitrogen and oxygen atoms in total. The molecule has 1 aromatic heterocycles. The van der Waals surface area contributed by atoms with Gasteiger partial charge in [-0.25, -0.2) is 14.4 Å². The molecule has 0 aliphatic carbocycles. The van der Waals surface area contributed by atoms with Crippen LogP contribution in [-0.2, 0) is 6.42 Å². The predicted octanol–water partition coefficient (Wildman–Crippen LogP) is 3.99. The Morgan fingerprint density at radius 3 is 2.43 bits per heavy atom. The molecule has 1 aliphatic heterocycles. The normalized spacial score (nSPS) is 15.3. The van der Waals surface area contributed by atoms with Gasteiger partial charge in [-0.15, -0.1) is 0 Å². The van der Waals surface area contributed by atoms with Gasteiger partial charge < -0.3 is 16.4 Å². The van der Waals surface area contributed by atoms with Crippen LogP contribution in [0.25, 0.3) is 16.8 Å². The highest BCUT2D eigenvalue weighted by molar-refractivity contribution is 6.34. The van der Waals surface area contributed by atoms with Gasteiger partial charge in [-0.1, -0.05) is 31.2 Å². The maximum Gasteiger partial charge on any atom is 0.258 e. The van der Waals surface area contributed by atoms with E-state index in [1.165, 1.54) is 18.6 Å². The zero-order valence-corrected chi connectivity index (χ0v) is 21.1. The van der Waals surface area contributed by atoms with Crippen molar-refractivity contribution in [2.45, 2.75) is 33.2 Å². The van der Waals surface area contributed by atoms with Crippen LogP contribution in [0.4, 0.5) is 4.39 Å². The summed E-state index contributed by atoms with van der Waals surface area (Å²) in [7, 11) is 0. The molecule has 1 saturated heterocycles. The van der Waals surface area contributed by atoms with E-state index in [0.717, 1.165) is 18.8 Å². The molecule has 1 amide bonds. The molecule has 0 saturated carbocycles. The van der Waals surface area contributed by atoms with E-state index < -0.39 is 11.7 Å². The number of allylic oxidation sites excluding steroid dienone is 3. The zero-order valence-electron chi connectivity index (χ0n) is 20.4. The molecule has 1 fully saturated rings. The molecule has 0 spiro atoms. The van der Waals surface area contributed by atoms with Crippen molar-refractivity contribution in [3.63, 3.8) is 0 Å². The third kappa shape index (κ3) is 5.89. The fraction of sp³-hybridized carbons (Fsp3) is 0.346. The molecule has 0 unspecified atom stereocenters. The van der Waals surface area contributed by atoms with Gasteiger partial charge in [0, 0.05) is 60.8 Å². The van der Waals surface area contributed by atoms with Gasteiger partial charge in [-0.05, 0) is 38.5 Å². The lowest BCUT2D eigenvalue weighted by molar-refractivity contribution is 0.0591. The van der Waals surface area contributed by atoms with Gasteiger partial charge in [-0.2, -0.15) is 0 Å². The number of nitrogens with two attached hydrogens (primary N) is 2. The molecule has 186 valence electrons. The first-order chi connectivity index (χ1) is 16.7. The van der Waals surface area contributed by atoms with Crippen LogP contribution in [0.1, 0.15) is 42.4 Å². The van der Waals surface area contributed by atoms with Crippen LogP contribution >= 0.6 is 11.6 Å². The van der Waals surface area contributed by atoms with E-state index >= 15 is 4.39 Å². The second-order valence-electron chi connectivity index (χ2n) is 8.66. The lowest BCUT2D eigenvalue weighted by Gasteiger charge is -2.37. The van der Waals surface area contributed by atoms with Gasteiger partial charge >= 0.3 is 0 Å². The fourth-order valence-electron chi connectivity index (χ4n) is 4.15. The van der Waals surface area contributed by atoms with Crippen molar-refractivity contribution in [2.24, 2.45) is 11.5 Å². The van der Waals surface area contributed by atoms with Gasteiger partial charge in [0.1, 0.15) is 12.1 Å². The molecule has 9 heteroatoms. The second kappa shape index (κ2) is 11.5. The number of hydrogen-bond acceptors (Lipinski definition) is 6. The number of amides is 1. The molecule has 1 aliphatic rings. The summed E-state index contributed by atoms with van der Waals surface area (Å²) < 4.78 is 15.4. The number of carbonyl (C=O) groups is 1. The number of hydrogen-bond donors (Lipinski definition) is 2. The minimum Gasteiger partial charge on any atom is -0.404 e. The molecule has 3 rings (SSSR count). The quantitative estimate of drug-likeness (QED) is 0.560. The van der Waals surface area contributed by atoms with Crippen LogP contribution in [0.5, 0.6) is 0 Å². The topological polar surface area (TPSA) is 101 Å². The van der Waals surface area contributed by atoms with E-state index in [1.54, 1.807) is 23.1 Å². The van der Waals surface area contributed by atoms with Gasteiger partial charge in [-0.3, -0.25) is 9.69 Å². The Balaban J connectivity index is 2.01. The van der Waals surface area contributed by atoms with Crippen LogP contribution in [0.15, 0.2) is 49.1 Å². The molecule has 2 heterocycles. The Bertz CT molecular complexity index is 1150. The zero-order chi connectivity index (χ0) is 25.7. The molecule has 4 N–H and O–H groups in total. The number of piperazine rings is 1. The first-order valence-electron chi connectivity index (χ1n) is 11.6. The van der Waals surface area contributed by atoms with E-state index in [4.69, 9.17) is 23.1 Å². The summed E-state index contributed by atoms with van der Waals surface area (Å²) in [5.41, 5.74) is 14.6. The summed E-state index contributed by atoms with van der Waals surface area (Å²) in [6, 6.07) is 3.24. The number of carbonyl (C=O) groups excluding carboxylic acids is 1. The van der Waals surface area contributed by atoms with Crippen molar-refractivity contribution in [3.05, 3.63) is 76.7 Å². The Kier molecular flexibility index (Phi) is 8.64. The van der Waals surface area contributed by atoms with Crippen LogP contribution in [0, 0.1) is 5.82 Å². The van der Waals surface area contributed by atoms with Crippen molar-refractivity contribution in [1.29, 1.82) is 0 Å². The average molecular weight is 499 g/mol. The minimum atomic E-state index is -0.699. The summed E-state index contributed by atoms with van der Waals surface area (Å²) in [4.78, 5) is 25.8. The first-order valence-corrected chi connectivity index (χ1v) is 12.0. The molecule has 2 aromatic rings. The number of aromatic nitrogens is 2. The van der Waals surface area contributed by atoms with Gasteiger partial charge in [0.15, 0.2) is 0 Å². The smallest absolute Gasteiger partial charge is 0.258 e. The van der Waals surface area contributed by atoms with Crippen molar-refractivity contribution >= 4 is 23.1 Å². The maximum absolute atomic E-state index is 15.4. The summed E-state index contributed by atoms with van der Waals surface area (Å²) >= 11 is 6.50. The largest absolute Gasteiger partial charge is 0.404 e. The average Bonchev–Trinajstić information content (AvgIpc) is 2.83. The lowest BCUT2D eigenvalue weighted by Crippen LogP contribution is -2.50. The number of benzene rings is 1.